The molecule has 0 bridgehead atoms. The molecular formula is C24H20O. The molecule has 1 heteroatoms. The van der Waals surface area contributed by atoms with E-state index in [0.717, 1.165) is 27.5 Å². The molecule has 0 amide bonds. The molecule has 25 heavy (non-hydrogen) atoms. The molecule has 0 unspecified atom stereocenters. The van der Waals surface area contributed by atoms with Crippen LogP contribution in [0, 0.1) is 0 Å². The Morgan fingerprint density at radius 3 is 2.12 bits per heavy atom. The highest BCUT2D eigenvalue weighted by Crippen LogP contribution is 2.36. The highest BCUT2D eigenvalue weighted by Gasteiger charge is 2.23. The van der Waals surface area contributed by atoms with Crippen LogP contribution in [0.15, 0.2) is 90.0 Å². The Labute approximate surface area is 148 Å². The van der Waals surface area contributed by atoms with E-state index in [2.05, 4.69) is 50.3 Å². The lowest BCUT2D eigenvalue weighted by Gasteiger charge is -2.15. The van der Waals surface area contributed by atoms with Crippen LogP contribution in [0.2, 0.25) is 0 Å². The van der Waals surface area contributed by atoms with Crippen LogP contribution in [0.5, 0.6) is 0 Å². The first-order valence-electron chi connectivity index (χ1n) is 8.64. The van der Waals surface area contributed by atoms with Crippen LogP contribution in [-0.4, -0.2) is 5.78 Å². The fraction of sp³-hybridized carbons (Fsp3) is 0.125. The van der Waals surface area contributed by atoms with Crippen molar-refractivity contribution in [3.05, 3.63) is 107 Å². The average molecular weight is 324 g/mol. The van der Waals surface area contributed by atoms with Gasteiger partial charge in [0.05, 0.1) is 0 Å². The highest BCUT2D eigenvalue weighted by atomic mass is 16.1. The van der Waals surface area contributed by atoms with Crippen LogP contribution in [0.4, 0.5) is 0 Å². The van der Waals surface area contributed by atoms with Crippen molar-refractivity contribution in [3.63, 3.8) is 0 Å². The Hall–Kier alpha value is -2.93. The molecule has 1 nitrogen and oxygen atoms in total. The molecule has 4 rings (SSSR count). The summed E-state index contributed by atoms with van der Waals surface area (Å²) in [6, 6.07) is 21.9. The van der Waals surface area contributed by atoms with Gasteiger partial charge in [0, 0.05) is 17.0 Å². The number of ketones is 1. The Bertz CT molecular complexity index is 1000. The minimum absolute atomic E-state index is 0.0939. The molecule has 0 fully saturated rings. The SMILES string of the molecule is CC1=CC(c2ccc3ccccc3c2C(=O)c2ccccc2)C=C1C. The van der Waals surface area contributed by atoms with Gasteiger partial charge in [-0.1, -0.05) is 90.0 Å². The van der Waals surface area contributed by atoms with Gasteiger partial charge < -0.3 is 0 Å². The number of fused-ring (bicyclic) bond motifs is 1. The summed E-state index contributed by atoms with van der Waals surface area (Å²) in [5, 5.41) is 2.13. The van der Waals surface area contributed by atoms with Gasteiger partial charge in [-0.25, -0.2) is 0 Å². The van der Waals surface area contributed by atoms with E-state index in [1.807, 2.05) is 42.5 Å². The van der Waals surface area contributed by atoms with Crippen LogP contribution >= 0.6 is 0 Å². The van der Waals surface area contributed by atoms with Crippen LogP contribution in [0.1, 0.15) is 41.3 Å². The van der Waals surface area contributed by atoms with Crippen molar-refractivity contribution in [2.75, 3.05) is 0 Å². The fourth-order valence-corrected chi connectivity index (χ4v) is 3.58. The average Bonchev–Trinajstić information content (AvgIpc) is 2.99. The van der Waals surface area contributed by atoms with E-state index in [4.69, 9.17) is 0 Å². The predicted octanol–water partition coefficient (Wildman–Crippen LogP) is 6.06. The van der Waals surface area contributed by atoms with Gasteiger partial charge in [0.2, 0.25) is 0 Å². The molecule has 1 aliphatic rings. The maximum atomic E-state index is 13.4. The molecule has 0 aliphatic heterocycles. The highest BCUT2D eigenvalue weighted by molar-refractivity contribution is 6.17. The maximum absolute atomic E-state index is 13.4. The van der Waals surface area contributed by atoms with Gasteiger partial charge in [0.1, 0.15) is 0 Å². The van der Waals surface area contributed by atoms with E-state index in [0.29, 0.717) is 0 Å². The molecule has 0 spiro atoms. The second kappa shape index (κ2) is 6.18. The quantitative estimate of drug-likeness (QED) is 0.535. The van der Waals surface area contributed by atoms with Crippen LogP contribution in [0.3, 0.4) is 0 Å². The zero-order chi connectivity index (χ0) is 17.4. The largest absolute Gasteiger partial charge is 0.289 e. The van der Waals surface area contributed by atoms with E-state index >= 15 is 0 Å². The maximum Gasteiger partial charge on any atom is 0.193 e. The van der Waals surface area contributed by atoms with Gasteiger partial charge in [0.25, 0.3) is 0 Å². The molecule has 0 N–H and O–H groups in total. The minimum Gasteiger partial charge on any atom is -0.289 e. The first-order valence-corrected chi connectivity index (χ1v) is 8.64. The fourth-order valence-electron chi connectivity index (χ4n) is 3.58. The molecule has 3 aromatic carbocycles. The van der Waals surface area contributed by atoms with Crippen LogP contribution in [-0.2, 0) is 0 Å². The Morgan fingerprint density at radius 1 is 0.760 bits per heavy atom. The summed E-state index contributed by atoms with van der Waals surface area (Å²) in [6.07, 6.45) is 4.50. The van der Waals surface area contributed by atoms with Crippen LogP contribution < -0.4 is 0 Å². The standard InChI is InChI=1S/C24H20O/c1-16-14-20(15-17(16)2)22-13-12-18-8-6-7-11-21(18)23(22)24(25)19-9-4-3-5-10-19/h3-15,20H,1-2H3. The Balaban J connectivity index is 1.97. The molecule has 0 saturated carbocycles. The zero-order valence-corrected chi connectivity index (χ0v) is 14.5. The number of hydrogen-bond donors (Lipinski definition) is 0. The third-order valence-corrected chi connectivity index (χ3v) is 5.06. The molecule has 0 aromatic heterocycles. The van der Waals surface area contributed by atoms with E-state index in [1.165, 1.54) is 11.1 Å². The van der Waals surface area contributed by atoms with Gasteiger partial charge >= 0.3 is 0 Å². The minimum atomic E-state index is 0.0939. The van der Waals surface area contributed by atoms with Crippen molar-refractivity contribution in [1.29, 1.82) is 0 Å². The summed E-state index contributed by atoms with van der Waals surface area (Å²) in [5.41, 5.74) is 5.22. The summed E-state index contributed by atoms with van der Waals surface area (Å²) in [6.45, 7) is 4.26. The molecule has 1 aliphatic carbocycles. The third kappa shape index (κ3) is 2.72. The van der Waals surface area contributed by atoms with E-state index in [1.54, 1.807) is 0 Å². The Morgan fingerprint density at radius 2 is 1.40 bits per heavy atom. The number of carbonyl (C=O) groups excluding carboxylic acids is 1. The van der Waals surface area contributed by atoms with Crippen molar-refractivity contribution >= 4 is 16.6 Å². The van der Waals surface area contributed by atoms with Gasteiger partial charge in [-0.05, 0) is 30.2 Å². The van der Waals surface area contributed by atoms with Gasteiger partial charge in [0.15, 0.2) is 5.78 Å². The molecule has 0 saturated heterocycles. The summed E-state index contributed by atoms with van der Waals surface area (Å²) in [7, 11) is 0. The third-order valence-electron chi connectivity index (χ3n) is 5.06. The lowest BCUT2D eigenvalue weighted by Crippen LogP contribution is -2.08. The van der Waals surface area contributed by atoms with E-state index in [9.17, 15) is 4.79 Å². The number of benzene rings is 3. The molecule has 0 radical (unpaired) electrons. The van der Waals surface area contributed by atoms with Crippen molar-refractivity contribution in [3.8, 4) is 0 Å². The zero-order valence-electron chi connectivity index (χ0n) is 14.5. The molecule has 0 atom stereocenters. The normalized spacial score (nSPS) is 14.5. The smallest absolute Gasteiger partial charge is 0.193 e. The molecule has 3 aromatic rings. The van der Waals surface area contributed by atoms with Gasteiger partial charge in [-0.15, -0.1) is 0 Å². The van der Waals surface area contributed by atoms with Gasteiger partial charge in [-0.2, -0.15) is 0 Å². The van der Waals surface area contributed by atoms with E-state index in [-0.39, 0.29) is 11.7 Å². The first-order chi connectivity index (χ1) is 12.1. The lowest BCUT2D eigenvalue weighted by molar-refractivity contribution is 0.103. The number of rotatable bonds is 3. The summed E-state index contributed by atoms with van der Waals surface area (Å²) >= 11 is 0. The summed E-state index contributed by atoms with van der Waals surface area (Å²) in [4.78, 5) is 13.4. The lowest BCUT2D eigenvalue weighted by atomic mass is 9.87. The summed E-state index contributed by atoms with van der Waals surface area (Å²) < 4.78 is 0. The number of hydrogen-bond acceptors (Lipinski definition) is 1. The van der Waals surface area contributed by atoms with Crippen molar-refractivity contribution in [2.45, 2.75) is 19.8 Å². The monoisotopic (exact) mass is 324 g/mol. The second-order valence-electron chi connectivity index (χ2n) is 6.67. The van der Waals surface area contributed by atoms with Crippen molar-refractivity contribution < 1.29 is 4.79 Å². The summed E-state index contributed by atoms with van der Waals surface area (Å²) in [5.74, 6) is 0.253. The molecular weight excluding hydrogens is 304 g/mol. The van der Waals surface area contributed by atoms with E-state index < -0.39 is 0 Å². The molecule has 0 heterocycles. The molecule has 122 valence electrons. The number of allylic oxidation sites excluding steroid dienone is 4. The Kier molecular flexibility index (Phi) is 3.85. The predicted molar refractivity (Wildman–Crippen MR) is 104 cm³/mol. The number of carbonyl (C=O) groups is 1. The first kappa shape index (κ1) is 15.6. The second-order valence-corrected chi connectivity index (χ2v) is 6.67. The van der Waals surface area contributed by atoms with Crippen LogP contribution in [0.25, 0.3) is 10.8 Å². The van der Waals surface area contributed by atoms with Gasteiger partial charge in [-0.3, -0.25) is 4.79 Å². The van der Waals surface area contributed by atoms with Crippen molar-refractivity contribution in [2.24, 2.45) is 0 Å². The topological polar surface area (TPSA) is 17.1 Å². The van der Waals surface area contributed by atoms with Crippen molar-refractivity contribution in [1.82, 2.24) is 0 Å².